The largest absolute Gasteiger partial charge is 0.316 e. The van der Waals surface area contributed by atoms with Gasteiger partial charge in [0.2, 0.25) is 0 Å². The van der Waals surface area contributed by atoms with E-state index in [-0.39, 0.29) is 5.38 Å². The Balaban J connectivity index is 0.000000194. The molecule has 0 saturated carbocycles. The summed E-state index contributed by atoms with van der Waals surface area (Å²) in [5, 5.41) is 8.54. The maximum Gasteiger partial charge on any atom is 0.0432 e. The lowest BCUT2D eigenvalue weighted by molar-refractivity contribution is 0.644. The van der Waals surface area contributed by atoms with Crippen molar-refractivity contribution in [1.29, 1.82) is 0 Å². The van der Waals surface area contributed by atoms with E-state index in [1.54, 1.807) is 0 Å². The minimum atomic E-state index is 0.195. The monoisotopic (exact) mass is 426 g/mol. The summed E-state index contributed by atoms with van der Waals surface area (Å²) < 4.78 is 0. The standard InChI is InChI=1S/C11H15Cl2N.C11H14ClN/c1-9(12)8-14-7-6-10-2-4-11(13)5-3-10;1-8-7-13-5-4-9-2-3-10(12)6-11(8)9/h2-5,9,14H,6-8H2,1H3;2-3,6,8,13H,4-5,7H2,1H3. The molecule has 1 aliphatic rings. The molecule has 27 heavy (non-hydrogen) atoms. The lowest BCUT2D eigenvalue weighted by Crippen LogP contribution is -2.23. The van der Waals surface area contributed by atoms with Gasteiger partial charge in [-0.2, -0.15) is 0 Å². The summed E-state index contributed by atoms with van der Waals surface area (Å²) in [6, 6.07) is 14.2. The van der Waals surface area contributed by atoms with Crippen molar-refractivity contribution in [1.82, 2.24) is 10.6 Å². The number of benzene rings is 2. The highest BCUT2D eigenvalue weighted by Gasteiger charge is 2.14. The maximum atomic E-state index is 5.97. The molecule has 0 aliphatic carbocycles. The summed E-state index contributed by atoms with van der Waals surface area (Å²) in [6.07, 6.45) is 2.14. The van der Waals surface area contributed by atoms with Gasteiger partial charge in [0, 0.05) is 28.5 Å². The van der Waals surface area contributed by atoms with Crippen LogP contribution in [0.15, 0.2) is 42.5 Å². The Labute approximate surface area is 178 Å². The summed E-state index contributed by atoms with van der Waals surface area (Å²) in [7, 11) is 0. The van der Waals surface area contributed by atoms with E-state index in [4.69, 9.17) is 34.8 Å². The Kier molecular flexibility index (Phi) is 9.95. The Bertz CT molecular complexity index is 686. The van der Waals surface area contributed by atoms with Crippen LogP contribution in [0, 0.1) is 0 Å². The fourth-order valence-corrected chi connectivity index (χ4v) is 3.50. The van der Waals surface area contributed by atoms with Crippen molar-refractivity contribution >= 4 is 34.8 Å². The van der Waals surface area contributed by atoms with E-state index in [0.717, 1.165) is 49.1 Å². The van der Waals surface area contributed by atoms with Crippen LogP contribution in [0.5, 0.6) is 0 Å². The first kappa shape index (κ1) is 22.5. The Morgan fingerprint density at radius 2 is 1.81 bits per heavy atom. The molecule has 2 aromatic carbocycles. The number of fused-ring (bicyclic) bond motifs is 1. The molecule has 0 saturated heterocycles. The molecular formula is C22H29Cl3N2. The topological polar surface area (TPSA) is 24.1 Å². The van der Waals surface area contributed by atoms with Gasteiger partial charge in [-0.05, 0) is 79.7 Å². The maximum absolute atomic E-state index is 5.97. The number of halogens is 3. The van der Waals surface area contributed by atoms with Crippen molar-refractivity contribution in [3.05, 3.63) is 69.2 Å². The smallest absolute Gasteiger partial charge is 0.0432 e. The van der Waals surface area contributed by atoms with Crippen LogP contribution in [0.2, 0.25) is 10.0 Å². The highest BCUT2D eigenvalue weighted by molar-refractivity contribution is 6.30. The predicted octanol–water partition coefficient (Wildman–Crippen LogP) is 5.69. The van der Waals surface area contributed by atoms with Crippen molar-refractivity contribution in [2.24, 2.45) is 0 Å². The second-order valence-electron chi connectivity index (χ2n) is 7.06. The van der Waals surface area contributed by atoms with Gasteiger partial charge in [0.25, 0.3) is 0 Å². The lowest BCUT2D eigenvalue weighted by atomic mass is 9.96. The predicted molar refractivity (Wildman–Crippen MR) is 120 cm³/mol. The van der Waals surface area contributed by atoms with Crippen LogP contribution in [-0.4, -0.2) is 31.6 Å². The van der Waals surface area contributed by atoms with Crippen molar-refractivity contribution in [3.63, 3.8) is 0 Å². The van der Waals surface area contributed by atoms with E-state index in [2.05, 4.69) is 29.7 Å². The molecule has 0 fully saturated rings. The molecule has 2 aromatic rings. The van der Waals surface area contributed by atoms with Gasteiger partial charge in [-0.3, -0.25) is 0 Å². The molecule has 5 heteroatoms. The second kappa shape index (κ2) is 11.9. The lowest BCUT2D eigenvalue weighted by Gasteiger charge is -2.11. The van der Waals surface area contributed by atoms with Gasteiger partial charge in [0.1, 0.15) is 0 Å². The molecule has 2 atom stereocenters. The van der Waals surface area contributed by atoms with Crippen molar-refractivity contribution in [2.75, 3.05) is 26.2 Å². The third kappa shape index (κ3) is 8.41. The number of alkyl halides is 1. The van der Waals surface area contributed by atoms with Gasteiger partial charge in [-0.15, -0.1) is 11.6 Å². The zero-order valence-electron chi connectivity index (χ0n) is 16.1. The Morgan fingerprint density at radius 3 is 2.52 bits per heavy atom. The number of hydrogen-bond acceptors (Lipinski definition) is 2. The first-order valence-electron chi connectivity index (χ1n) is 9.54. The Hall–Kier alpha value is -0.770. The van der Waals surface area contributed by atoms with Crippen LogP contribution in [0.4, 0.5) is 0 Å². The summed E-state index contributed by atoms with van der Waals surface area (Å²) in [4.78, 5) is 0. The average Bonchev–Trinajstić information content (AvgIpc) is 2.82. The molecule has 0 aromatic heterocycles. The van der Waals surface area contributed by atoms with Crippen LogP contribution in [-0.2, 0) is 12.8 Å². The van der Waals surface area contributed by atoms with Crippen molar-refractivity contribution in [2.45, 2.75) is 38.0 Å². The first-order chi connectivity index (χ1) is 13.0. The molecule has 0 bridgehead atoms. The number of hydrogen-bond donors (Lipinski definition) is 2. The molecular weight excluding hydrogens is 399 g/mol. The van der Waals surface area contributed by atoms with Gasteiger partial charge >= 0.3 is 0 Å². The van der Waals surface area contributed by atoms with E-state index in [1.807, 2.05) is 37.3 Å². The Morgan fingerprint density at radius 1 is 1.11 bits per heavy atom. The van der Waals surface area contributed by atoms with E-state index >= 15 is 0 Å². The summed E-state index contributed by atoms with van der Waals surface area (Å²) >= 11 is 17.6. The highest BCUT2D eigenvalue weighted by atomic mass is 35.5. The molecule has 0 radical (unpaired) electrons. The average molecular weight is 428 g/mol. The molecule has 2 unspecified atom stereocenters. The fraction of sp³-hybridized carbons (Fsp3) is 0.455. The zero-order chi connectivity index (χ0) is 19.6. The van der Waals surface area contributed by atoms with Crippen molar-refractivity contribution in [3.8, 4) is 0 Å². The first-order valence-corrected chi connectivity index (χ1v) is 10.7. The number of nitrogens with one attached hydrogen (secondary N) is 2. The van der Waals surface area contributed by atoms with E-state index < -0.39 is 0 Å². The third-order valence-corrected chi connectivity index (χ3v) is 5.23. The fourth-order valence-electron chi connectivity index (χ4n) is 3.09. The molecule has 148 valence electrons. The molecule has 1 aliphatic heterocycles. The summed E-state index contributed by atoms with van der Waals surface area (Å²) in [6.45, 7) is 8.19. The van der Waals surface area contributed by atoms with Gasteiger partial charge < -0.3 is 10.6 Å². The van der Waals surface area contributed by atoms with E-state index in [9.17, 15) is 0 Å². The normalized spacial score (nSPS) is 17.3. The van der Waals surface area contributed by atoms with Crippen LogP contribution in [0.3, 0.4) is 0 Å². The minimum absolute atomic E-state index is 0.195. The van der Waals surface area contributed by atoms with E-state index in [1.165, 1.54) is 16.7 Å². The van der Waals surface area contributed by atoms with Gasteiger partial charge in [0.05, 0.1) is 0 Å². The van der Waals surface area contributed by atoms with Gasteiger partial charge in [-0.25, -0.2) is 0 Å². The minimum Gasteiger partial charge on any atom is -0.316 e. The third-order valence-electron chi connectivity index (χ3n) is 4.59. The zero-order valence-corrected chi connectivity index (χ0v) is 18.3. The number of rotatable bonds is 5. The molecule has 2 nitrogen and oxygen atoms in total. The van der Waals surface area contributed by atoms with Crippen LogP contribution < -0.4 is 10.6 Å². The van der Waals surface area contributed by atoms with Crippen molar-refractivity contribution < 1.29 is 0 Å². The van der Waals surface area contributed by atoms with Crippen LogP contribution >= 0.6 is 34.8 Å². The van der Waals surface area contributed by atoms with Crippen LogP contribution in [0.1, 0.15) is 36.5 Å². The van der Waals surface area contributed by atoms with E-state index in [0.29, 0.717) is 5.92 Å². The molecule has 1 heterocycles. The van der Waals surface area contributed by atoms with Gasteiger partial charge in [0.15, 0.2) is 0 Å². The molecule has 3 rings (SSSR count). The SMILES string of the molecule is CC(Cl)CNCCc1ccc(Cl)cc1.CC1CNCCc2ccc(Cl)cc21. The van der Waals surface area contributed by atoms with Crippen LogP contribution in [0.25, 0.3) is 0 Å². The quantitative estimate of drug-likeness (QED) is 0.473. The molecule has 0 amide bonds. The van der Waals surface area contributed by atoms with Gasteiger partial charge in [-0.1, -0.05) is 48.3 Å². The molecule has 0 spiro atoms. The highest BCUT2D eigenvalue weighted by Crippen LogP contribution is 2.25. The summed E-state index contributed by atoms with van der Waals surface area (Å²) in [5.41, 5.74) is 4.16. The molecule has 2 N–H and O–H groups in total. The second-order valence-corrected chi connectivity index (χ2v) is 8.68. The summed E-state index contributed by atoms with van der Waals surface area (Å²) in [5.74, 6) is 0.580.